The molecular formula is C39H45FN6O11Si. The van der Waals surface area contributed by atoms with E-state index in [0.29, 0.717) is 16.9 Å². The van der Waals surface area contributed by atoms with Gasteiger partial charge in [-0.2, -0.15) is 0 Å². The Balaban J connectivity index is 1.13. The summed E-state index contributed by atoms with van der Waals surface area (Å²) >= 11 is 0. The quantitative estimate of drug-likeness (QED) is 0.0522. The summed E-state index contributed by atoms with van der Waals surface area (Å²) in [6, 6.07) is 19.8. The maximum absolute atomic E-state index is 16.5. The minimum absolute atomic E-state index is 0.0165. The molecule has 3 aliphatic heterocycles. The fourth-order valence-corrected chi connectivity index (χ4v) is 11.2. The zero-order valence-electron chi connectivity index (χ0n) is 31.8. The van der Waals surface area contributed by atoms with Gasteiger partial charge in [-0.1, -0.05) is 54.6 Å². The monoisotopic (exact) mass is 820 g/mol. The first-order valence-corrected chi connectivity index (χ1v) is 21.8. The highest BCUT2D eigenvalue weighted by Crippen LogP contribution is 2.60. The van der Waals surface area contributed by atoms with Crippen molar-refractivity contribution in [2.24, 2.45) is 5.92 Å². The van der Waals surface area contributed by atoms with Gasteiger partial charge in [0.1, 0.15) is 18.3 Å². The summed E-state index contributed by atoms with van der Waals surface area (Å²) < 4.78 is 29.8. The zero-order valence-corrected chi connectivity index (χ0v) is 32.8. The van der Waals surface area contributed by atoms with Gasteiger partial charge in [0.05, 0.1) is 41.5 Å². The number of fused-ring (bicyclic) bond motifs is 2. The van der Waals surface area contributed by atoms with Crippen LogP contribution in [-0.2, 0) is 37.8 Å². The average Bonchev–Trinajstić information content (AvgIpc) is 3.85. The number of nitrogens with zero attached hydrogens (tertiary/aromatic N) is 5. The summed E-state index contributed by atoms with van der Waals surface area (Å²) in [6.45, 7) is 4.93. The van der Waals surface area contributed by atoms with Crippen LogP contribution in [0.25, 0.3) is 0 Å². The number of anilines is 2. The first kappa shape index (κ1) is 41.2. The van der Waals surface area contributed by atoms with Crippen molar-refractivity contribution in [3.8, 4) is 0 Å². The number of nitro benzene ring substituents is 1. The van der Waals surface area contributed by atoms with Gasteiger partial charge in [-0.05, 0) is 48.8 Å². The van der Waals surface area contributed by atoms with E-state index in [1.807, 2.05) is 30.3 Å². The van der Waals surface area contributed by atoms with E-state index in [-0.39, 0.29) is 43.1 Å². The molecule has 308 valence electrons. The van der Waals surface area contributed by atoms with E-state index in [2.05, 4.69) is 15.6 Å². The van der Waals surface area contributed by atoms with Crippen LogP contribution in [0.15, 0.2) is 79.0 Å². The van der Waals surface area contributed by atoms with Crippen molar-refractivity contribution in [2.45, 2.75) is 93.4 Å². The molecule has 10 atom stereocenters. The van der Waals surface area contributed by atoms with Crippen molar-refractivity contribution in [3.63, 3.8) is 0 Å². The number of aliphatic hydroxyl groups excluding tert-OH is 5. The number of halogens is 1. The van der Waals surface area contributed by atoms with Crippen molar-refractivity contribution >= 4 is 37.3 Å². The minimum atomic E-state index is -3.58. The first-order chi connectivity index (χ1) is 27.5. The average molecular weight is 821 g/mol. The van der Waals surface area contributed by atoms with E-state index >= 15 is 4.11 Å². The van der Waals surface area contributed by atoms with Gasteiger partial charge in [-0.25, -0.2) is 0 Å². The second-order valence-corrected chi connectivity index (χ2v) is 19.4. The van der Waals surface area contributed by atoms with Crippen LogP contribution in [0.4, 0.5) is 21.2 Å². The number of nitrogens with one attached hydrogen (secondary N) is 1. The summed E-state index contributed by atoms with van der Waals surface area (Å²) in [5.41, 5.74) is 0.213. The van der Waals surface area contributed by atoms with Crippen LogP contribution in [0, 0.1) is 16.0 Å². The number of amides is 2. The fraction of sp³-hybridized carbons (Fsp3) is 0.436. The summed E-state index contributed by atoms with van der Waals surface area (Å²) in [4.78, 5) is 40.6. The van der Waals surface area contributed by atoms with Crippen LogP contribution in [0.3, 0.4) is 0 Å². The van der Waals surface area contributed by atoms with Gasteiger partial charge in [0.2, 0.25) is 8.41 Å². The van der Waals surface area contributed by atoms with Crippen molar-refractivity contribution < 1.29 is 53.6 Å². The number of ether oxygens (including phenoxy) is 2. The SMILES string of the molecule is C[C@H]1[C@H]([Si](C)(C)F)[C@@H](CCn2cc(C(CO)c3ccccc3)nn2)O[C@]12C(=O)N(Cc1ccc(NC(=O)[C@H]3O[C@@H](O)[C@H](O)[C@@H](O)[C@@H]3O)cc1)c1ccc([N+](=O)[O-])cc12. The van der Waals surface area contributed by atoms with Crippen LogP contribution in [0.2, 0.25) is 18.6 Å². The number of hydrogen-bond donors (Lipinski definition) is 6. The lowest BCUT2D eigenvalue weighted by Crippen LogP contribution is -2.60. The van der Waals surface area contributed by atoms with Gasteiger partial charge in [0.25, 0.3) is 17.5 Å². The molecule has 19 heteroatoms. The molecule has 1 aromatic heterocycles. The molecule has 7 rings (SSSR count). The number of aryl methyl sites for hydroxylation is 1. The molecule has 2 fully saturated rings. The number of carbonyl (C=O) groups is 2. The fourth-order valence-electron chi connectivity index (χ4n) is 8.64. The molecule has 3 aliphatic rings. The number of benzene rings is 3. The Hall–Kier alpha value is -4.99. The normalized spacial score (nSPS) is 28.8. The molecule has 1 spiro atoms. The molecule has 2 saturated heterocycles. The number of hydrogen-bond acceptors (Lipinski definition) is 13. The topological polar surface area (TPSA) is 243 Å². The first-order valence-electron chi connectivity index (χ1n) is 18.9. The lowest BCUT2D eigenvalue weighted by molar-refractivity contribution is -0.385. The third-order valence-corrected chi connectivity index (χ3v) is 14.0. The largest absolute Gasteiger partial charge is 0.395 e. The van der Waals surface area contributed by atoms with Crippen LogP contribution in [-0.4, -0.2) is 109 Å². The zero-order chi connectivity index (χ0) is 41.7. The highest BCUT2D eigenvalue weighted by atomic mass is 28.4. The predicted octanol–water partition coefficient (Wildman–Crippen LogP) is 2.46. The Labute approximate surface area is 333 Å². The third kappa shape index (κ3) is 7.43. The summed E-state index contributed by atoms with van der Waals surface area (Å²) in [6.07, 6.45) is -7.82. The summed E-state index contributed by atoms with van der Waals surface area (Å²) in [7, 11) is -3.58. The molecule has 4 heterocycles. The Morgan fingerprint density at radius 1 is 1.05 bits per heavy atom. The Bertz CT molecular complexity index is 2160. The maximum Gasteiger partial charge on any atom is 0.269 e. The van der Waals surface area contributed by atoms with Crippen LogP contribution in [0.5, 0.6) is 0 Å². The van der Waals surface area contributed by atoms with Gasteiger partial charge in [-0.3, -0.25) is 24.4 Å². The molecule has 58 heavy (non-hydrogen) atoms. The molecular weight excluding hydrogens is 776 g/mol. The van der Waals surface area contributed by atoms with E-state index in [9.17, 15) is 45.2 Å². The predicted molar refractivity (Wildman–Crippen MR) is 206 cm³/mol. The molecule has 0 aliphatic carbocycles. The molecule has 0 bridgehead atoms. The summed E-state index contributed by atoms with van der Waals surface area (Å²) in [5, 5.41) is 73.0. The smallest absolute Gasteiger partial charge is 0.269 e. The standard InChI is InChI=1S/C39H45FN6O11Si/c1-21-35(58(2,3)40)30(15-16-44-19-28(42-43-44)26(20-47)23-7-5-4-6-8-23)57-39(21)27-17-25(46(54)55)13-14-29(27)45(38(39)53)18-22-9-11-24(12-10-22)41-36(51)34-32(49)31(48)33(50)37(52)56-34/h4-14,17,19,21,26,30-35,37,47-50,52H,15-16,18,20H2,1-3H3,(H,41,51)/t21-,26?,30+,31-,32-,33+,34-,35-,37+,39+/m0/s1. The number of non-ortho nitro benzene ring substituents is 1. The van der Waals surface area contributed by atoms with Gasteiger partial charge >= 0.3 is 0 Å². The Kier molecular flexibility index (Phi) is 11.3. The molecule has 2 amide bonds. The molecule has 0 radical (unpaired) electrons. The van der Waals surface area contributed by atoms with Crippen molar-refractivity contribution in [1.82, 2.24) is 15.0 Å². The lowest BCUT2D eigenvalue weighted by atomic mass is 9.82. The summed E-state index contributed by atoms with van der Waals surface area (Å²) in [5.74, 6) is -2.52. The minimum Gasteiger partial charge on any atom is -0.395 e. The Morgan fingerprint density at radius 2 is 1.76 bits per heavy atom. The van der Waals surface area contributed by atoms with Crippen LogP contribution < -0.4 is 10.2 Å². The number of nitro groups is 1. The van der Waals surface area contributed by atoms with Crippen molar-refractivity contribution in [2.75, 3.05) is 16.8 Å². The third-order valence-electron chi connectivity index (χ3n) is 11.5. The highest BCUT2D eigenvalue weighted by Gasteiger charge is 2.67. The number of rotatable bonds is 12. The van der Waals surface area contributed by atoms with Gasteiger partial charge in [-0.15, -0.1) is 5.10 Å². The number of aromatic nitrogens is 3. The van der Waals surface area contributed by atoms with E-state index in [0.717, 1.165) is 5.56 Å². The molecule has 1 unspecified atom stereocenters. The number of aliphatic hydroxyl groups is 5. The second-order valence-electron chi connectivity index (χ2n) is 15.6. The van der Waals surface area contributed by atoms with Crippen molar-refractivity contribution in [1.29, 1.82) is 0 Å². The van der Waals surface area contributed by atoms with Crippen molar-refractivity contribution in [3.05, 3.63) is 111 Å². The van der Waals surface area contributed by atoms with E-state index in [1.54, 1.807) is 43.0 Å². The van der Waals surface area contributed by atoms with Gasteiger partial charge in [0.15, 0.2) is 18.0 Å². The second kappa shape index (κ2) is 16.0. The molecule has 0 saturated carbocycles. The molecule has 3 aromatic carbocycles. The van der Waals surface area contributed by atoms with E-state index in [1.165, 1.54) is 35.2 Å². The van der Waals surface area contributed by atoms with Crippen LogP contribution in [0.1, 0.15) is 41.6 Å². The highest BCUT2D eigenvalue weighted by molar-refractivity contribution is 6.72. The Morgan fingerprint density at radius 3 is 2.41 bits per heavy atom. The molecule has 17 nitrogen and oxygen atoms in total. The maximum atomic E-state index is 16.5. The lowest BCUT2D eigenvalue weighted by Gasteiger charge is -2.37. The molecule has 4 aromatic rings. The van der Waals surface area contributed by atoms with Crippen LogP contribution >= 0.6 is 0 Å². The molecule has 6 N–H and O–H groups in total. The van der Waals surface area contributed by atoms with E-state index in [4.69, 9.17) is 9.47 Å². The van der Waals surface area contributed by atoms with E-state index < -0.39 is 84.9 Å². The van der Waals surface area contributed by atoms with Gasteiger partial charge < -0.3 is 49.3 Å². The number of carbonyl (C=O) groups excluding carboxylic acids is 2. The van der Waals surface area contributed by atoms with Gasteiger partial charge in [0, 0.05) is 47.6 Å².